The summed E-state index contributed by atoms with van der Waals surface area (Å²) in [6.07, 6.45) is 15.0. The van der Waals surface area contributed by atoms with Gasteiger partial charge in [-0.25, -0.2) is 8.78 Å². The van der Waals surface area contributed by atoms with E-state index in [4.69, 9.17) is 0 Å². The van der Waals surface area contributed by atoms with Crippen LogP contribution in [0, 0.1) is 11.6 Å². The molecule has 0 saturated carbocycles. The van der Waals surface area contributed by atoms with Gasteiger partial charge in [0.15, 0.2) is 7.41 Å². The standard InChI is InChI=1S/C54H76F2NP2Si2/c1-7-13-40-60(41-14-8-2,42-15-9-3)49-36-32-47(33-37-49)59(46-26-20-19-21-27-46,57-58(53-30-24-22-28-51(53)55)54-31-25-23-29-52(54)56)48-34-38-50(39-35-48)61(43-16-10-4,44-17-11-5)45-18-12-6/h19-39,57H,7-18,40-45H2,1-6H3/q+1. The highest BCUT2D eigenvalue weighted by Gasteiger charge is 2.50. The smallest absolute Gasteiger partial charge is 0.182 e. The van der Waals surface area contributed by atoms with Crippen LogP contribution in [0.3, 0.4) is 0 Å². The number of rotatable bonds is 27. The summed E-state index contributed by atoms with van der Waals surface area (Å²) in [5, 5.41) is 7.80. The Morgan fingerprint density at radius 1 is 0.393 bits per heavy atom. The highest BCUT2D eigenvalue weighted by Crippen LogP contribution is 2.57. The lowest BCUT2D eigenvalue weighted by Crippen LogP contribution is -2.49. The molecule has 0 atom stereocenters. The third-order valence-electron chi connectivity index (χ3n) is 13.4. The molecule has 0 aliphatic rings. The Morgan fingerprint density at radius 2 is 0.689 bits per heavy atom. The van der Waals surface area contributed by atoms with Gasteiger partial charge in [0.1, 0.15) is 27.5 Å². The van der Waals surface area contributed by atoms with E-state index in [9.17, 15) is 0 Å². The molecular weight excluding hydrogens is 819 g/mol. The van der Waals surface area contributed by atoms with Crippen LogP contribution in [0.25, 0.3) is 0 Å². The quantitative estimate of drug-likeness (QED) is 0.0409. The van der Waals surface area contributed by atoms with Crippen LogP contribution in [0.4, 0.5) is 8.78 Å². The fraction of sp³-hybridized carbons (Fsp3) is 0.444. The summed E-state index contributed by atoms with van der Waals surface area (Å²) in [6.45, 7) is 14.0. The molecule has 61 heavy (non-hydrogen) atoms. The van der Waals surface area contributed by atoms with Crippen molar-refractivity contribution in [2.45, 2.75) is 155 Å². The lowest BCUT2D eigenvalue weighted by molar-refractivity contribution is 0.634. The molecule has 0 spiro atoms. The number of hydrogen-bond donors (Lipinski definition) is 1. The van der Waals surface area contributed by atoms with Gasteiger partial charge in [0, 0.05) is 10.6 Å². The Hall–Kier alpha value is -2.79. The molecule has 0 aromatic heterocycles. The van der Waals surface area contributed by atoms with Crippen molar-refractivity contribution in [1.29, 1.82) is 0 Å². The van der Waals surface area contributed by atoms with Crippen LogP contribution in [-0.4, -0.2) is 16.1 Å². The van der Waals surface area contributed by atoms with Crippen LogP contribution in [0.15, 0.2) is 127 Å². The molecule has 0 aliphatic carbocycles. The van der Waals surface area contributed by atoms with Crippen molar-refractivity contribution < 1.29 is 8.78 Å². The minimum Gasteiger partial charge on any atom is -0.206 e. The molecule has 1 N–H and O–H groups in total. The predicted molar refractivity (Wildman–Crippen MR) is 276 cm³/mol. The van der Waals surface area contributed by atoms with E-state index in [0.717, 1.165) is 0 Å². The second-order valence-corrected chi connectivity index (χ2v) is 32.2. The van der Waals surface area contributed by atoms with E-state index in [1.807, 2.05) is 24.3 Å². The second kappa shape index (κ2) is 24.9. The summed E-state index contributed by atoms with van der Waals surface area (Å²) < 4.78 is 32.6. The molecule has 1 nitrogen and oxygen atoms in total. The number of nitrogens with one attached hydrogen (secondary N) is 1. The molecule has 5 rings (SSSR count). The third-order valence-corrected chi connectivity index (χ3v) is 31.3. The van der Waals surface area contributed by atoms with Gasteiger partial charge < -0.3 is 0 Å². The molecule has 7 heteroatoms. The first-order valence-electron chi connectivity index (χ1n) is 24.0. The van der Waals surface area contributed by atoms with Crippen molar-refractivity contribution in [3.63, 3.8) is 0 Å². The second-order valence-electron chi connectivity index (χ2n) is 17.6. The van der Waals surface area contributed by atoms with Gasteiger partial charge in [-0.3, -0.25) is 0 Å². The molecule has 0 fully saturated rings. The maximum Gasteiger partial charge on any atom is 0.182 e. The summed E-state index contributed by atoms with van der Waals surface area (Å²) in [7, 11) is -8.04. The maximum absolute atomic E-state index is 16.3. The molecule has 0 radical (unpaired) electrons. The highest BCUT2D eigenvalue weighted by molar-refractivity contribution is 8.00. The Bertz CT molecular complexity index is 1840. The summed E-state index contributed by atoms with van der Waals surface area (Å²) in [5.74, 6) is -0.614. The van der Waals surface area contributed by atoms with Crippen molar-refractivity contribution >= 4 is 68.5 Å². The normalized spacial score (nSPS) is 12.3. The van der Waals surface area contributed by atoms with Crippen LogP contribution in [0.5, 0.6) is 0 Å². The van der Waals surface area contributed by atoms with Gasteiger partial charge in [-0.05, 0) is 60.7 Å². The fourth-order valence-electron chi connectivity index (χ4n) is 9.71. The molecule has 0 amide bonds. The number of benzene rings is 5. The average Bonchev–Trinajstić information content (AvgIpc) is 3.30. The molecular formula is C54H76F2NP2Si2+. The van der Waals surface area contributed by atoms with Crippen molar-refractivity contribution in [3.05, 3.63) is 139 Å². The predicted octanol–water partition coefficient (Wildman–Crippen LogP) is 13.9. The monoisotopic (exact) mass is 894 g/mol. The van der Waals surface area contributed by atoms with Crippen LogP contribution in [0.1, 0.15) is 119 Å². The van der Waals surface area contributed by atoms with Crippen molar-refractivity contribution in [3.8, 4) is 0 Å². The van der Waals surface area contributed by atoms with Crippen LogP contribution in [0.2, 0.25) is 36.3 Å². The van der Waals surface area contributed by atoms with Crippen LogP contribution in [-0.2, 0) is 0 Å². The van der Waals surface area contributed by atoms with E-state index < -0.39 is 31.6 Å². The van der Waals surface area contributed by atoms with Crippen molar-refractivity contribution in [2.75, 3.05) is 0 Å². The lowest BCUT2D eigenvalue weighted by Gasteiger charge is -2.35. The molecule has 0 bridgehead atoms. The van der Waals surface area contributed by atoms with E-state index in [2.05, 4.69) is 125 Å². The Balaban J connectivity index is 1.82. The molecule has 5 aromatic carbocycles. The van der Waals surface area contributed by atoms with Gasteiger partial charge in [-0.2, -0.15) is 0 Å². The molecule has 0 aliphatic heterocycles. The van der Waals surface area contributed by atoms with Gasteiger partial charge in [0.25, 0.3) is 0 Å². The van der Waals surface area contributed by atoms with Gasteiger partial charge in [0.2, 0.25) is 0 Å². The minimum atomic E-state index is -2.77. The Morgan fingerprint density at radius 3 is 1.00 bits per heavy atom. The third kappa shape index (κ3) is 12.1. The first kappa shape index (κ1) is 49.2. The summed E-state index contributed by atoms with van der Waals surface area (Å²) in [4.78, 5) is 4.27. The zero-order valence-corrected chi connectivity index (χ0v) is 42.3. The zero-order chi connectivity index (χ0) is 43.6. The molecule has 0 saturated heterocycles. The fourth-order valence-corrected chi connectivity index (χ4v) is 28.3. The summed E-state index contributed by atoms with van der Waals surface area (Å²) in [5.41, 5.74) is 0. The zero-order valence-electron chi connectivity index (χ0n) is 38.5. The molecule has 5 aromatic rings. The Labute approximate surface area is 374 Å². The SMILES string of the molecule is CCCC[Si](CCCC)(CCCC)c1ccc([P+](NP(c2ccccc2F)c2ccccc2F)(c2ccccc2)c2ccc([Si](CCCC)(CCCC)CCCC)cc2)cc1. The molecule has 328 valence electrons. The summed E-state index contributed by atoms with van der Waals surface area (Å²) >= 11 is 0. The Kier molecular flexibility index (Phi) is 20.1. The van der Waals surface area contributed by atoms with Gasteiger partial charge in [-0.15, -0.1) is 4.86 Å². The topological polar surface area (TPSA) is 12.0 Å². The largest absolute Gasteiger partial charge is 0.206 e. The average molecular weight is 895 g/mol. The molecule has 0 unspecified atom stereocenters. The van der Waals surface area contributed by atoms with E-state index in [1.165, 1.54) is 141 Å². The maximum atomic E-state index is 16.3. The van der Waals surface area contributed by atoms with Crippen LogP contribution < -0.4 is 41.8 Å². The van der Waals surface area contributed by atoms with E-state index in [1.54, 1.807) is 22.5 Å². The van der Waals surface area contributed by atoms with Gasteiger partial charge >= 0.3 is 0 Å². The number of unbranched alkanes of at least 4 members (excludes halogenated alkanes) is 6. The number of halogens is 2. The van der Waals surface area contributed by atoms with Crippen LogP contribution >= 0.6 is 15.5 Å². The molecule has 0 heterocycles. The van der Waals surface area contributed by atoms with Gasteiger partial charge in [0.05, 0.1) is 24.2 Å². The minimum absolute atomic E-state index is 0.307. The number of hydrogen-bond acceptors (Lipinski definition) is 1. The van der Waals surface area contributed by atoms with E-state index >= 15 is 8.78 Å². The van der Waals surface area contributed by atoms with Crippen molar-refractivity contribution in [1.82, 2.24) is 4.86 Å². The first-order chi connectivity index (χ1) is 29.8. The van der Waals surface area contributed by atoms with Gasteiger partial charge in [-0.1, -0.05) is 232 Å². The lowest BCUT2D eigenvalue weighted by atomic mass is 10.3. The first-order valence-corrected chi connectivity index (χ1v) is 32.4. The summed E-state index contributed by atoms with van der Waals surface area (Å²) in [6, 6.07) is 52.7. The highest BCUT2D eigenvalue weighted by atomic mass is 31.2. The van der Waals surface area contributed by atoms with E-state index in [-0.39, 0.29) is 11.6 Å². The van der Waals surface area contributed by atoms with Crippen molar-refractivity contribution in [2.24, 2.45) is 0 Å². The van der Waals surface area contributed by atoms with E-state index in [0.29, 0.717) is 10.6 Å².